The third-order valence-electron chi connectivity index (χ3n) is 3.37. The minimum absolute atomic E-state index is 0.302. The maximum atomic E-state index is 10.1. The summed E-state index contributed by atoms with van der Waals surface area (Å²) in [6, 6.07) is 7.31. The van der Waals surface area contributed by atoms with Gasteiger partial charge >= 0.3 is 0 Å². The number of nitrogens with zero attached hydrogens (tertiary/aromatic N) is 1. The van der Waals surface area contributed by atoms with Gasteiger partial charge in [-0.25, -0.2) is 0 Å². The Balaban J connectivity index is 1.75. The lowest BCUT2D eigenvalue weighted by Crippen LogP contribution is -2.36. The van der Waals surface area contributed by atoms with Gasteiger partial charge in [0.05, 0.1) is 0 Å². The molecular formula is C15H22N2O2S2. The highest BCUT2D eigenvalue weighted by atomic mass is 32.2. The fraction of sp³-hybridized carbons (Fsp3) is 0.533. The highest BCUT2D eigenvalue weighted by Gasteiger charge is 2.14. The summed E-state index contributed by atoms with van der Waals surface area (Å²) in [5.41, 5.74) is 6.37. The van der Waals surface area contributed by atoms with Crippen LogP contribution in [0.15, 0.2) is 24.3 Å². The lowest BCUT2D eigenvalue weighted by atomic mass is 10.2. The first kappa shape index (κ1) is 16.5. The van der Waals surface area contributed by atoms with Gasteiger partial charge in [0.15, 0.2) is 0 Å². The van der Waals surface area contributed by atoms with Crippen molar-refractivity contribution in [2.24, 2.45) is 5.73 Å². The van der Waals surface area contributed by atoms with Crippen LogP contribution in [-0.2, 0) is 0 Å². The van der Waals surface area contributed by atoms with Gasteiger partial charge in [0.2, 0.25) is 0 Å². The van der Waals surface area contributed by atoms with Gasteiger partial charge < -0.3 is 15.6 Å². The summed E-state index contributed by atoms with van der Waals surface area (Å²) in [5, 5.41) is 10.1. The number of rotatable bonds is 6. The summed E-state index contributed by atoms with van der Waals surface area (Å²) in [4.78, 5) is 2.69. The van der Waals surface area contributed by atoms with Crippen molar-refractivity contribution < 1.29 is 9.84 Å². The summed E-state index contributed by atoms with van der Waals surface area (Å²) < 4.78 is 5.61. The largest absolute Gasteiger partial charge is 0.491 e. The Labute approximate surface area is 135 Å². The topological polar surface area (TPSA) is 58.7 Å². The summed E-state index contributed by atoms with van der Waals surface area (Å²) in [5.74, 6) is 3.09. The number of aliphatic hydroxyl groups excluding tert-OH is 1. The SMILES string of the molecule is NC(=S)c1ccc(OCC(O)CN2CCCSCC2)cc1. The van der Waals surface area contributed by atoms with E-state index in [1.807, 2.05) is 36.0 Å². The summed E-state index contributed by atoms with van der Waals surface area (Å²) in [6.07, 6.45) is 0.724. The Morgan fingerprint density at radius 2 is 2.10 bits per heavy atom. The molecule has 0 aromatic heterocycles. The van der Waals surface area contributed by atoms with Crippen LogP contribution in [0.2, 0.25) is 0 Å². The van der Waals surface area contributed by atoms with E-state index >= 15 is 0 Å². The number of thioether (sulfide) groups is 1. The van der Waals surface area contributed by atoms with Crippen LogP contribution < -0.4 is 10.5 Å². The summed E-state index contributed by atoms with van der Waals surface area (Å²) >= 11 is 6.89. The second-order valence-electron chi connectivity index (χ2n) is 5.12. The van der Waals surface area contributed by atoms with Crippen molar-refractivity contribution >= 4 is 29.0 Å². The zero-order valence-corrected chi connectivity index (χ0v) is 13.7. The molecule has 1 aliphatic heterocycles. The van der Waals surface area contributed by atoms with Crippen LogP contribution in [0.25, 0.3) is 0 Å². The Morgan fingerprint density at radius 3 is 2.81 bits per heavy atom. The van der Waals surface area contributed by atoms with E-state index in [0.717, 1.165) is 30.2 Å². The first-order valence-corrected chi connectivity index (χ1v) is 8.72. The normalized spacial score (nSPS) is 18.0. The van der Waals surface area contributed by atoms with Crippen molar-refractivity contribution in [2.75, 3.05) is 37.7 Å². The number of thiocarbonyl (C=S) groups is 1. The zero-order chi connectivity index (χ0) is 15.1. The number of hydrogen-bond acceptors (Lipinski definition) is 5. The molecule has 1 aliphatic rings. The minimum atomic E-state index is -0.469. The third kappa shape index (κ3) is 5.82. The molecule has 21 heavy (non-hydrogen) atoms. The van der Waals surface area contributed by atoms with Gasteiger partial charge in [-0.1, -0.05) is 12.2 Å². The van der Waals surface area contributed by atoms with Crippen LogP contribution in [0.4, 0.5) is 0 Å². The number of ether oxygens (including phenoxy) is 1. The molecule has 1 heterocycles. The van der Waals surface area contributed by atoms with E-state index in [1.54, 1.807) is 0 Å². The maximum absolute atomic E-state index is 10.1. The van der Waals surface area contributed by atoms with E-state index < -0.39 is 6.10 Å². The molecule has 1 unspecified atom stereocenters. The molecule has 0 saturated carbocycles. The smallest absolute Gasteiger partial charge is 0.119 e. The van der Waals surface area contributed by atoms with E-state index in [1.165, 1.54) is 12.2 Å². The quantitative estimate of drug-likeness (QED) is 0.773. The molecule has 0 aliphatic carbocycles. The highest BCUT2D eigenvalue weighted by Crippen LogP contribution is 2.13. The van der Waals surface area contributed by atoms with Gasteiger partial charge in [0.1, 0.15) is 23.4 Å². The molecule has 3 N–H and O–H groups in total. The fourth-order valence-corrected chi connectivity index (χ4v) is 3.30. The highest BCUT2D eigenvalue weighted by molar-refractivity contribution is 7.99. The van der Waals surface area contributed by atoms with Gasteiger partial charge in [-0.15, -0.1) is 0 Å². The first-order valence-electron chi connectivity index (χ1n) is 7.16. The van der Waals surface area contributed by atoms with Crippen molar-refractivity contribution in [2.45, 2.75) is 12.5 Å². The number of aliphatic hydroxyl groups is 1. The van der Waals surface area contributed by atoms with Crippen molar-refractivity contribution in [3.63, 3.8) is 0 Å². The predicted molar refractivity (Wildman–Crippen MR) is 92.2 cm³/mol. The van der Waals surface area contributed by atoms with Crippen molar-refractivity contribution in [1.29, 1.82) is 0 Å². The Hall–Kier alpha value is -0.820. The average Bonchev–Trinajstić information content (AvgIpc) is 2.74. The van der Waals surface area contributed by atoms with Gasteiger partial charge in [-0.3, -0.25) is 4.90 Å². The number of hydrogen-bond donors (Lipinski definition) is 2. The van der Waals surface area contributed by atoms with Crippen LogP contribution in [0.1, 0.15) is 12.0 Å². The third-order valence-corrected chi connectivity index (χ3v) is 4.65. The second-order valence-corrected chi connectivity index (χ2v) is 6.78. The molecule has 1 fully saturated rings. The van der Waals surface area contributed by atoms with E-state index in [-0.39, 0.29) is 0 Å². The molecule has 2 rings (SSSR count). The van der Waals surface area contributed by atoms with Gasteiger partial charge in [-0.2, -0.15) is 11.8 Å². The Morgan fingerprint density at radius 1 is 1.33 bits per heavy atom. The molecule has 1 aromatic carbocycles. The number of nitrogens with two attached hydrogens (primary N) is 1. The summed E-state index contributed by atoms with van der Waals surface area (Å²) in [6.45, 7) is 3.08. The number of β-amino-alcohol motifs (C(OH)–C–C–N with tert-alkyl or cyclic N) is 1. The van der Waals surface area contributed by atoms with Crippen LogP contribution in [-0.4, -0.2) is 58.8 Å². The zero-order valence-electron chi connectivity index (χ0n) is 12.0. The molecule has 1 aromatic rings. The standard InChI is InChI=1S/C15H22N2O2S2/c16-15(20)12-2-4-14(5-3-12)19-11-13(18)10-17-6-1-8-21-9-7-17/h2-5,13,18H,1,6-11H2,(H2,16,20). The van der Waals surface area contributed by atoms with Gasteiger partial charge in [0, 0.05) is 24.4 Å². The van der Waals surface area contributed by atoms with E-state index in [2.05, 4.69) is 4.90 Å². The van der Waals surface area contributed by atoms with E-state index in [4.69, 9.17) is 22.7 Å². The predicted octanol–water partition coefficient (Wildman–Crippen LogP) is 1.50. The van der Waals surface area contributed by atoms with Gasteiger partial charge in [0.25, 0.3) is 0 Å². The second kappa shape index (κ2) is 8.58. The molecule has 0 spiro atoms. The lowest BCUT2D eigenvalue weighted by Gasteiger charge is -2.23. The van der Waals surface area contributed by atoms with Gasteiger partial charge in [-0.05, 0) is 43.0 Å². The molecular weight excluding hydrogens is 304 g/mol. The summed E-state index contributed by atoms with van der Waals surface area (Å²) in [7, 11) is 0. The maximum Gasteiger partial charge on any atom is 0.119 e. The van der Waals surface area contributed by atoms with Crippen LogP contribution in [0.5, 0.6) is 5.75 Å². The Bertz CT molecular complexity index is 445. The molecule has 4 nitrogen and oxygen atoms in total. The Kier molecular flexibility index (Phi) is 6.76. The number of benzene rings is 1. The minimum Gasteiger partial charge on any atom is -0.491 e. The van der Waals surface area contributed by atoms with Crippen LogP contribution in [0, 0.1) is 0 Å². The van der Waals surface area contributed by atoms with E-state index in [9.17, 15) is 5.11 Å². The van der Waals surface area contributed by atoms with E-state index in [0.29, 0.717) is 18.1 Å². The first-order chi connectivity index (χ1) is 10.1. The van der Waals surface area contributed by atoms with Crippen molar-refractivity contribution in [3.8, 4) is 5.75 Å². The van der Waals surface area contributed by atoms with Crippen LogP contribution >= 0.6 is 24.0 Å². The van der Waals surface area contributed by atoms with Crippen LogP contribution in [0.3, 0.4) is 0 Å². The molecule has 6 heteroatoms. The molecule has 116 valence electrons. The molecule has 0 amide bonds. The average molecular weight is 326 g/mol. The molecule has 1 saturated heterocycles. The molecule has 1 atom stereocenters. The molecule has 0 radical (unpaired) electrons. The monoisotopic (exact) mass is 326 g/mol. The fourth-order valence-electron chi connectivity index (χ4n) is 2.24. The molecule has 0 bridgehead atoms. The van der Waals surface area contributed by atoms with Crippen molar-refractivity contribution in [1.82, 2.24) is 4.90 Å². The van der Waals surface area contributed by atoms with Crippen molar-refractivity contribution in [3.05, 3.63) is 29.8 Å². The lowest BCUT2D eigenvalue weighted by molar-refractivity contribution is 0.0708.